The lowest BCUT2D eigenvalue weighted by molar-refractivity contribution is -0.136. The quantitative estimate of drug-likeness (QED) is 0.610. The molecule has 0 saturated heterocycles. The van der Waals surface area contributed by atoms with Gasteiger partial charge in [0.05, 0.1) is 19.4 Å². The van der Waals surface area contributed by atoms with Crippen LogP contribution in [0.4, 0.5) is 0 Å². The van der Waals surface area contributed by atoms with Crippen molar-refractivity contribution in [3.8, 4) is 0 Å². The zero-order valence-electron chi connectivity index (χ0n) is 10.5. The highest BCUT2D eigenvalue weighted by molar-refractivity contribution is 5.88. The molecule has 0 radical (unpaired) electrons. The smallest absolute Gasteiger partial charge is 0.333 e. The first kappa shape index (κ1) is 13.5. The molecule has 0 amide bonds. The van der Waals surface area contributed by atoms with E-state index in [2.05, 4.69) is 10.1 Å². The van der Waals surface area contributed by atoms with Gasteiger partial charge in [-0.1, -0.05) is 13.0 Å². The Morgan fingerprint density at radius 3 is 2.94 bits per heavy atom. The average molecular weight is 237 g/mol. The monoisotopic (exact) mass is 237 g/mol. The topological polar surface area (TPSA) is 51.5 Å². The molecule has 1 aromatic rings. The van der Waals surface area contributed by atoms with Crippen LogP contribution in [0.2, 0.25) is 0 Å². The number of esters is 1. The van der Waals surface area contributed by atoms with Gasteiger partial charge in [0.2, 0.25) is 0 Å². The molecular weight excluding hydrogens is 218 g/mol. The fraction of sp³-hybridized carbons (Fsp3) is 0.462. The van der Waals surface area contributed by atoms with Gasteiger partial charge in [-0.15, -0.1) is 0 Å². The van der Waals surface area contributed by atoms with Crippen molar-refractivity contribution >= 4 is 5.97 Å². The highest BCUT2D eigenvalue weighted by atomic mass is 16.5. The van der Waals surface area contributed by atoms with Crippen molar-refractivity contribution in [2.45, 2.75) is 26.3 Å². The molecule has 1 heterocycles. The number of carbonyl (C=O) groups is 1. The molecule has 1 atom stereocenters. The Bertz CT molecular complexity index is 368. The van der Waals surface area contributed by atoms with Crippen LogP contribution in [0.3, 0.4) is 0 Å². The summed E-state index contributed by atoms with van der Waals surface area (Å²) in [7, 11) is 1.39. The minimum atomic E-state index is -0.264. The van der Waals surface area contributed by atoms with Gasteiger partial charge in [0.15, 0.2) is 0 Å². The molecule has 0 bridgehead atoms. The van der Waals surface area contributed by atoms with Crippen LogP contribution in [0, 0.1) is 0 Å². The summed E-state index contributed by atoms with van der Waals surface area (Å²) < 4.78 is 9.95. The van der Waals surface area contributed by atoms with Crippen LogP contribution >= 0.6 is 0 Å². The SMILES string of the molecule is CC/C(=C/CNC(C)c1ccco1)C(=O)OC. The summed E-state index contributed by atoms with van der Waals surface area (Å²) in [5.41, 5.74) is 0.687. The summed E-state index contributed by atoms with van der Waals surface area (Å²) in [5, 5.41) is 3.25. The Hall–Kier alpha value is -1.55. The maximum Gasteiger partial charge on any atom is 0.333 e. The highest BCUT2D eigenvalue weighted by Crippen LogP contribution is 2.12. The van der Waals surface area contributed by atoms with Gasteiger partial charge < -0.3 is 14.5 Å². The standard InChI is InChI=1S/C13H19NO3/c1-4-11(13(15)16-3)7-8-14-10(2)12-6-5-9-17-12/h5-7,9-10,14H,4,8H2,1-3H3/b11-7-. The van der Waals surface area contributed by atoms with Crippen molar-refractivity contribution in [2.24, 2.45) is 0 Å². The van der Waals surface area contributed by atoms with Crippen molar-refractivity contribution < 1.29 is 13.9 Å². The first-order valence-electron chi connectivity index (χ1n) is 5.73. The van der Waals surface area contributed by atoms with Crippen LogP contribution in [0.25, 0.3) is 0 Å². The molecule has 0 aliphatic heterocycles. The molecular formula is C13H19NO3. The number of nitrogens with one attached hydrogen (secondary N) is 1. The van der Waals surface area contributed by atoms with Gasteiger partial charge in [-0.2, -0.15) is 0 Å². The van der Waals surface area contributed by atoms with Crippen LogP contribution in [0.1, 0.15) is 32.1 Å². The van der Waals surface area contributed by atoms with Crippen molar-refractivity contribution in [1.82, 2.24) is 5.32 Å². The predicted molar refractivity (Wildman–Crippen MR) is 65.5 cm³/mol. The number of carbonyl (C=O) groups excluding carboxylic acids is 1. The molecule has 0 aliphatic carbocycles. The van der Waals surface area contributed by atoms with Gasteiger partial charge in [0.1, 0.15) is 5.76 Å². The summed E-state index contributed by atoms with van der Waals surface area (Å²) in [6, 6.07) is 3.90. The first-order valence-corrected chi connectivity index (χ1v) is 5.73. The van der Waals surface area contributed by atoms with E-state index in [0.29, 0.717) is 18.5 Å². The molecule has 0 aromatic carbocycles. The van der Waals surface area contributed by atoms with E-state index in [1.54, 1.807) is 6.26 Å². The van der Waals surface area contributed by atoms with E-state index in [1.165, 1.54) is 7.11 Å². The number of furan rings is 1. The second-order valence-electron chi connectivity index (χ2n) is 3.72. The van der Waals surface area contributed by atoms with Crippen LogP contribution in [0.15, 0.2) is 34.5 Å². The largest absolute Gasteiger partial charge is 0.468 e. The van der Waals surface area contributed by atoms with E-state index in [4.69, 9.17) is 4.42 Å². The third-order valence-corrected chi connectivity index (χ3v) is 2.57. The third kappa shape index (κ3) is 4.07. The second-order valence-corrected chi connectivity index (χ2v) is 3.72. The molecule has 1 unspecified atom stereocenters. The van der Waals surface area contributed by atoms with Crippen LogP contribution < -0.4 is 5.32 Å². The van der Waals surface area contributed by atoms with Gasteiger partial charge in [-0.05, 0) is 25.5 Å². The van der Waals surface area contributed by atoms with Crippen molar-refractivity contribution in [3.05, 3.63) is 35.8 Å². The molecule has 0 fully saturated rings. The van der Waals surface area contributed by atoms with Crippen molar-refractivity contribution in [3.63, 3.8) is 0 Å². The number of ether oxygens (including phenoxy) is 1. The lowest BCUT2D eigenvalue weighted by Crippen LogP contribution is -2.19. The minimum Gasteiger partial charge on any atom is -0.468 e. The fourth-order valence-electron chi connectivity index (χ4n) is 1.50. The molecule has 0 aliphatic rings. The average Bonchev–Trinajstić information content (AvgIpc) is 2.87. The molecule has 1 aromatic heterocycles. The van der Waals surface area contributed by atoms with Gasteiger partial charge >= 0.3 is 5.97 Å². The molecule has 0 saturated carbocycles. The maximum atomic E-state index is 11.3. The minimum absolute atomic E-state index is 0.122. The van der Waals surface area contributed by atoms with E-state index in [0.717, 1.165) is 5.76 Å². The van der Waals surface area contributed by atoms with Gasteiger partial charge in [0.25, 0.3) is 0 Å². The second kappa shape index (κ2) is 6.91. The number of rotatable bonds is 6. The Morgan fingerprint density at radius 1 is 1.65 bits per heavy atom. The van der Waals surface area contributed by atoms with E-state index < -0.39 is 0 Å². The lowest BCUT2D eigenvalue weighted by Gasteiger charge is -2.09. The predicted octanol–water partition coefficient (Wildman–Crippen LogP) is 2.44. The summed E-state index contributed by atoms with van der Waals surface area (Å²) in [5.74, 6) is 0.620. The Kier molecular flexibility index (Phi) is 5.49. The molecule has 4 heteroatoms. The fourth-order valence-corrected chi connectivity index (χ4v) is 1.50. The van der Waals surface area contributed by atoms with E-state index in [-0.39, 0.29) is 12.0 Å². The number of hydrogen-bond donors (Lipinski definition) is 1. The van der Waals surface area contributed by atoms with E-state index >= 15 is 0 Å². The molecule has 1 N–H and O–H groups in total. The zero-order valence-corrected chi connectivity index (χ0v) is 10.5. The summed E-state index contributed by atoms with van der Waals surface area (Å²) in [4.78, 5) is 11.3. The molecule has 0 spiro atoms. The summed E-state index contributed by atoms with van der Waals surface area (Å²) in [6.07, 6.45) is 4.17. The van der Waals surface area contributed by atoms with Crippen molar-refractivity contribution in [2.75, 3.05) is 13.7 Å². The van der Waals surface area contributed by atoms with E-state index in [1.807, 2.05) is 32.1 Å². The maximum absolute atomic E-state index is 11.3. The Balaban J connectivity index is 2.45. The van der Waals surface area contributed by atoms with Crippen LogP contribution in [-0.4, -0.2) is 19.6 Å². The summed E-state index contributed by atoms with van der Waals surface area (Å²) >= 11 is 0. The zero-order chi connectivity index (χ0) is 12.7. The Morgan fingerprint density at radius 2 is 2.41 bits per heavy atom. The number of methoxy groups -OCH3 is 1. The van der Waals surface area contributed by atoms with Crippen LogP contribution in [-0.2, 0) is 9.53 Å². The molecule has 4 nitrogen and oxygen atoms in total. The Labute approximate surface area is 102 Å². The lowest BCUT2D eigenvalue weighted by atomic mass is 10.2. The highest BCUT2D eigenvalue weighted by Gasteiger charge is 2.08. The first-order chi connectivity index (χ1) is 8.19. The van der Waals surface area contributed by atoms with E-state index in [9.17, 15) is 4.79 Å². The normalized spacial score (nSPS) is 13.5. The van der Waals surface area contributed by atoms with Gasteiger partial charge in [0, 0.05) is 12.1 Å². The van der Waals surface area contributed by atoms with Crippen molar-refractivity contribution in [1.29, 1.82) is 0 Å². The van der Waals surface area contributed by atoms with Crippen LogP contribution in [0.5, 0.6) is 0 Å². The molecule has 1 rings (SSSR count). The molecule has 94 valence electrons. The molecule has 17 heavy (non-hydrogen) atoms. The summed E-state index contributed by atoms with van der Waals surface area (Å²) in [6.45, 7) is 4.55. The number of hydrogen-bond acceptors (Lipinski definition) is 4. The van der Waals surface area contributed by atoms with Gasteiger partial charge in [-0.3, -0.25) is 0 Å². The third-order valence-electron chi connectivity index (χ3n) is 2.57. The van der Waals surface area contributed by atoms with Gasteiger partial charge in [-0.25, -0.2) is 4.79 Å².